The number of rotatable bonds is 14. The Hall–Kier alpha value is -3.11. The minimum absolute atomic E-state index is 0.287. The molecular formula is C42H60N2O2. The van der Waals surface area contributed by atoms with Gasteiger partial charge in [-0.05, 0) is 127 Å². The van der Waals surface area contributed by atoms with Gasteiger partial charge in [-0.25, -0.2) is 0 Å². The summed E-state index contributed by atoms with van der Waals surface area (Å²) < 4.78 is 6.13. The predicted octanol–water partition coefficient (Wildman–Crippen LogP) is 10.4. The zero-order chi connectivity index (χ0) is 33.2. The molecule has 3 aromatic carbocycles. The zero-order valence-electron chi connectivity index (χ0n) is 30.0. The fourth-order valence-corrected chi connectivity index (χ4v) is 7.80. The molecular weight excluding hydrogens is 564 g/mol. The van der Waals surface area contributed by atoms with Crippen LogP contribution in [0.25, 0.3) is 0 Å². The van der Waals surface area contributed by atoms with E-state index in [0.29, 0.717) is 30.9 Å². The summed E-state index contributed by atoms with van der Waals surface area (Å²) in [4.78, 5) is 13.9. The summed E-state index contributed by atoms with van der Waals surface area (Å²) in [7, 11) is 1.99. The summed E-state index contributed by atoms with van der Waals surface area (Å²) in [6, 6.07) is 20.8. The topological polar surface area (TPSA) is 41.6 Å². The molecule has 1 N–H and O–H groups in total. The van der Waals surface area contributed by atoms with Crippen molar-refractivity contribution >= 4 is 12.0 Å². The quantitative estimate of drug-likeness (QED) is 0.181. The number of aldehydes is 1. The average molecular weight is 625 g/mol. The van der Waals surface area contributed by atoms with E-state index in [9.17, 15) is 4.79 Å². The van der Waals surface area contributed by atoms with Crippen LogP contribution in [-0.4, -0.2) is 37.9 Å². The molecule has 0 amide bonds. The van der Waals surface area contributed by atoms with Gasteiger partial charge in [0.05, 0.1) is 13.2 Å². The van der Waals surface area contributed by atoms with Crippen LogP contribution in [-0.2, 0) is 17.6 Å². The molecule has 4 nitrogen and oxygen atoms in total. The van der Waals surface area contributed by atoms with Gasteiger partial charge in [0.2, 0.25) is 0 Å². The minimum Gasteiger partial charge on any atom is -0.494 e. The number of carbonyl (C=O) groups is 1. The van der Waals surface area contributed by atoms with E-state index in [0.717, 1.165) is 50.2 Å². The number of ether oxygens (including phenoxy) is 1. The van der Waals surface area contributed by atoms with Crippen LogP contribution in [0.1, 0.15) is 136 Å². The maximum Gasteiger partial charge on any atom is 0.134 e. The van der Waals surface area contributed by atoms with Crippen molar-refractivity contribution in [1.82, 2.24) is 4.90 Å². The number of nitrogens with zero attached hydrogens (tertiary/aromatic N) is 1. The number of hydrogen-bond donors (Lipinski definition) is 1. The first kappa shape index (κ1) is 35.7. The Kier molecular flexibility index (Phi) is 13.3. The second-order valence-electron chi connectivity index (χ2n) is 13.5. The van der Waals surface area contributed by atoms with Gasteiger partial charge in [-0.15, -0.1) is 0 Å². The van der Waals surface area contributed by atoms with Gasteiger partial charge in [-0.2, -0.15) is 0 Å². The Labute approximate surface area is 280 Å². The molecule has 2 fully saturated rings. The van der Waals surface area contributed by atoms with E-state index in [1.165, 1.54) is 63.9 Å². The van der Waals surface area contributed by atoms with Crippen molar-refractivity contribution in [2.75, 3.05) is 32.1 Å². The first-order valence-corrected chi connectivity index (χ1v) is 18.2. The van der Waals surface area contributed by atoms with Crippen LogP contribution in [0.5, 0.6) is 5.75 Å². The van der Waals surface area contributed by atoms with Crippen molar-refractivity contribution < 1.29 is 9.53 Å². The third-order valence-corrected chi connectivity index (χ3v) is 10.6. The van der Waals surface area contributed by atoms with Gasteiger partial charge >= 0.3 is 0 Å². The molecule has 4 heteroatoms. The van der Waals surface area contributed by atoms with E-state index < -0.39 is 0 Å². The van der Waals surface area contributed by atoms with Crippen LogP contribution in [0, 0.1) is 12.8 Å². The molecule has 0 bridgehead atoms. The van der Waals surface area contributed by atoms with Crippen molar-refractivity contribution in [1.29, 1.82) is 0 Å². The minimum atomic E-state index is 0.287. The van der Waals surface area contributed by atoms with E-state index in [1.54, 1.807) is 0 Å². The molecule has 1 aliphatic heterocycles. The Morgan fingerprint density at radius 2 is 1.61 bits per heavy atom. The van der Waals surface area contributed by atoms with Gasteiger partial charge < -0.3 is 14.8 Å². The van der Waals surface area contributed by atoms with Gasteiger partial charge in [-0.3, -0.25) is 4.90 Å². The molecule has 5 rings (SSSR count). The Morgan fingerprint density at radius 1 is 0.935 bits per heavy atom. The number of hydrogen-bond acceptors (Lipinski definition) is 4. The first-order valence-electron chi connectivity index (χ1n) is 18.2. The van der Waals surface area contributed by atoms with Gasteiger partial charge in [0.1, 0.15) is 12.0 Å². The summed E-state index contributed by atoms with van der Waals surface area (Å²) >= 11 is 0. The molecule has 2 unspecified atom stereocenters. The monoisotopic (exact) mass is 624 g/mol. The molecule has 1 saturated carbocycles. The molecule has 1 heterocycles. The average Bonchev–Trinajstić information content (AvgIpc) is 3.83. The second kappa shape index (κ2) is 17.2. The largest absolute Gasteiger partial charge is 0.494 e. The third-order valence-electron chi connectivity index (χ3n) is 10.6. The van der Waals surface area contributed by atoms with Crippen molar-refractivity contribution in [3.63, 3.8) is 0 Å². The highest BCUT2D eigenvalue weighted by Gasteiger charge is 2.35. The normalized spacial score (nSPS) is 19.2. The van der Waals surface area contributed by atoms with Crippen molar-refractivity contribution in [3.8, 4) is 5.75 Å². The summed E-state index contributed by atoms with van der Waals surface area (Å²) in [5.74, 6) is 3.54. The van der Waals surface area contributed by atoms with Crippen molar-refractivity contribution in [2.24, 2.45) is 5.92 Å². The lowest BCUT2D eigenvalue weighted by atomic mass is 9.87. The van der Waals surface area contributed by atoms with Crippen molar-refractivity contribution in [3.05, 3.63) is 93.5 Å². The number of nitrogens with one attached hydrogen (secondary N) is 1. The van der Waals surface area contributed by atoms with Gasteiger partial charge in [0.15, 0.2) is 0 Å². The molecule has 250 valence electrons. The lowest BCUT2D eigenvalue weighted by Crippen LogP contribution is -2.25. The molecule has 1 aliphatic carbocycles. The number of likely N-dealkylation sites (tertiary alicyclic amines) is 1. The number of benzene rings is 3. The van der Waals surface area contributed by atoms with Gasteiger partial charge in [-0.1, -0.05) is 83.1 Å². The van der Waals surface area contributed by atoms with Crippen LogP contribution in [0.2, 0.25) is 0 Å². The lowest BCUT2D eigenvalue weighted by Gasteiger charge is -2.23. The summed E-state index contributed by atoms with van der Waals surface area (Å²) in [5.41, 5.74) is 11.0. The highest BCUT2D eigenvalue weighted by molar-refractivity contribution is 5.57. The zero-order valence-corrected chi connectivity index (χ0v) is 30.0. The summed E-state index contributed by atoms with van der Waals surface area (Å²) in [6.07, 6.45) is 9.41. The second-order valence-corrected chi connectivity index (χ2v) is 13.5. The third kappa shape index (κ3) is 8.42. The lowest BCUT2D eigenvalue weighted by molar-refractivity contribution is -0.109. The fraction of sp³-hybridized carbons (Fsp3) is 0.548. The SMILES string of the molecule is CCOc1cc([C@@H]2C[C@H](c3ccc(C(CC)C4CC4)cc3)N(CC=O)C2)cc(C)c1C(C)CC.CCc1cccc(CC)c1NC. The molecule has 0 radical (unpaired) electrons. The molecule has 2 aliphatic rings. The van der Waals surface area contributed by atoms with Gasteiger partial charge in [0, 0.05) is 25.3 Å². The summed E-state index contributed by atoms with van der Waals surface area (Å²) in [5, 5.41) is 3.27. The number of anilines is 1. The predicted molar refractivity (Wildman–Crippen MR) is 196 cm³/mol. The summed E-state index contributed by atoms with van der Waals surface area (Å²) in [6.45, 7) is 17.6. The number of carbonyl (C=O) groups excluding carboxylic acids is 1. The molecule has 46 heavy (non-hydrogen) atoms. The first-order chi connectivity index (χ1) is 22.3. The van der Waals surface area contributed by atoms with Crippen LogP contribution >= 0.6 is 0 Å². The molecule has 0 aromatic heterocycles. The Bertz CT molecular complexity index is 1370. The van der Waals surface area contributed by atoms with E-state index in [-0.39, 0.29) is 6.04 Å². The Morgan fingerprint density at radius 3 is 2.13 bits per heavy atom. The van der Waals surface area contributed by atoms with Crippen LogP contribution in [0.3, 0.4) is 0 Å². The van der Waals surface area contributed by atoms with E-state index in [1.807, 2.05) is 7.05 Å². The highest BCUT2D eigenvalue weighted by Crippen LogP contribution is 2.46. The molecule has 0 spiro atoms. The van der Waals surface area contributed by atoms with Gasteiger partial charge in [0.25, 0.3) is 0 Å². The van der Waals surface area contributed by atoms with E-state index >= 15 is 0 Å². The standard InChI is InChI=1S/C31H43NO2.C11H17N/c1-6-21(4)31-22(5)17-26(19-30(31)34-8-3)27-18-29(32(20-27)15-16-33)25-13-11-24(12-14-25)28(7-2)23-9-10-23;1-4-9-7-6-8-10(5-2)11(9)12-3/h11-14,16-17,19,21,23,27-29H,6-10,15,18,20H2,1-5H3;6-8,12H,4-5H2,1-3H3/t21?,27-,28?,29-;/m1./s1. The molecule has 4 atom stereocenters. The maximum absolute atomic E-state index is 11.5. The fourth-order valence-electron chi connectivity index (χ4n) is 7.80. The smallest absolute Gasteiger partial charge is 0.134 e. The number of aryl methyl sites for hydroxylation is 3. The van der Waals surface area contributed by atoms with Crippen molar-refractivity contribution in [2.45, 2.75) is 117 Å². The highest BCUT2D eigenvalue weighted by atomic mass is 16.5. The van der Waals surface area contributed by atoms with Crippen LogP contribution < -0.4 is 10.1 Å². The van der Waals surface area contributed by atoms with E-state index in [2.05, 4.69) is 113 Å². The van der Waals surface area contributed by atoms with E-state index in [4.69, 9.17) is 4.74 Å². The maximum atomic E-state index is 11.5. The number of para-hydroxylation sites is 1. The molecule has 3 aromatic rings. The molecule has 1 saturated heterocycles. The Balaban J connectivity index is 0.000000337. The van der Waals surface area contributed by atoms with Crippen LogP contribution in [0.4, 0.5) is 5.69 Å². The van der Waals surface area contributed by atoms with Crippen LogP contribution in [0.15, 0.2) is 54.6 Å².